The molecule has 1 heterocycles. The second-order valence-electron chi connectivity index (χ2n) is 4.26. The van der Waals surface area contributed by atoms with Crippen molar-refractivity contribution < 1.29 is 9.13 Å². The van der Waals surface area contributed by atoms with Gasteiger partial charge in [-0.15, -0.1) is 0 Å². The number of rotatable bonds is 1. The maximum absolute atomic E-state index is 14.0. The van der Waals surface area contributed by atoms with Crippen LogP contribution in [0.25, 0.3) is 0 Å². The van der Waals surface area contributed by atoms with E-state index in [0.717, 1.165) is 17.0 Å². The van der Waals surface area contributed by atoms with Crippen LogP contribution in [0.1, 0.15) is 18.9 Å². The second kappa shape index (κ2) is 3.72. The highest BCUT2D eigenvalue weighted by Gasteiger charge is 2.28. The lowest BCUT2D eigenvalue weighted by Crippen LogP contribution is -2.21. The Morgan fingerprint density at radius 3 is 3.00 bits per heavy atom. The monoisotopic (exact) mass is 209 g/mol. The number of methoxy groups -OCH3 is 1. The van der Waals surface area contributed by atoms with Gasteiger partial charge in [0.05, 0.1) is 12.8 Å². The highest BCUT2D eigenvalue weighted by molar-refractivity contribution is 5.63. The lowest BCUT2D eigenvalue weighted by molar-refractivity contribution is 0.183. The summed E-state index contributed by atoms with van der Waals surface area (Å²) in [6.07, 6.45) is 0.983. The molecular formula is C12H16FNO. The van der Waals surface area contributed by atoms with Crippen molar-refractivity contribution in [3.8, 4) is 5.75 Å². The van der Waals surface area contributed by atoms with E-state index < -0.39 is 5.67 Å². The number of hydrogen-bond acceptors (Lipinski definition) is 2. The third kappa shape index (κ3) is 2.06. The van der Waals surface area contributed by atoms with E-state index in [1.54, 1.807) is 14.0 Å². The number of benzene rings is 1. The molecule has 0 fully saturated rings. The van der Waals surface area contributed by atoms with Gasteiger partial charge in [-0.25, -0.2) is 4.39 Å². The molecule has 15 heavy (non-hydrogen) atoms. The number of anilines is 1. The van der Waals surface area contributed by atoms with E-state index in [1.165, 1.54) is 0 Å². The number of ether oxygens (including phenoxy) is 1. The second-order valence-corrected chi connectivity index (χ2v) is 4.26. The molecular weight excluding hydrogens is 193 g/mol. The van der Waals surface area contributed by atoms with Gasteiger partial charge in [-0.1, -0.05) is 12.1 Å². The SMILES string of the molecule is COc1cccc2c1NCCC(C)(F)C2. The van der Waals surface area contributed by atoms with Crippen molar-refractivity contribution in [2.75, 3.05) is 19.0 Å². The third-order valence-corrected chi connectivity index (χ3v) is 2.84. The first-order valence-electron chi connectivity index (χ1n) is 5.21. The van der Waals surface area contributed by atoms with E-state index in [-0.39, 0.29) is 0 Å². The van der Waals surface area contributed by atoms with Gasteiger partial charge in [0.2, 0.25) is 0 Å². The summed E-state index contributed by atoms with van der Waals surface area (Å²) < 4.78 is 19.2. The summed E-state index contributed by atoms with van der Waals surface area (Å²) in [6.45, 7) is 2.31. The highest BCUT2D eigenvalue weighted by atomic mass is 19.1. The molecule has 0 aromatic heterocycles. The van der Waals surface area contributed by atoms with Crippen LogP contribution in [0.15, 0.2) is 18.2 Å². The maximum Gasteiger partial charge on any atom is 0.142 e. The topological polar surface area (TPSA) is 21.3 Å². The molecule has 82 valence electrons. The molecule has 0 aliphatic carbocycles. The van der Waals surface area contributed by atoms with Crippen LogP contribution in [0, 0.1) is 0 Å². The van der Waals surface area contributed by atoms with Crippen LogP contribution >= 0.6 is 0 Å². The largest absolute Gasteiger partial charge is 0.495 e. The molecule has 0 saturated carbocycles. The average Bonchev–Trinajstić information content (AvgIpc) is 2.33. The molecule has 3 heteroatoms. The minimum absolute atomic E-state index is 0.451. The first-order valence-corrected chi connectivity index (χ1v) is 5.21. The number of nitrogens with one attached hydrogen (secondary N) is 1. The molecule has 1 aromatic rings. The van der Waals surface area contributed by atoms with E-state index in [1.807, 2.05) is 18.2 Å². The Bertz CT molecular complexity index is 363. The number of fused-ring (bicyclic) bond motifs is 1. The van der Waals surface area contributed by atoms with Crippen molar-refractivity contribution in [2.45, 2.75) is 25.4 Å². The van der Waals surface area contributed by atoms with Gasteiger partial charge in [-0.05, 0) is 25.0 Å². The zero-order valence-corrected chi connectivity index (χ0v) is 9.14. The van der Waals surface area contributed by atoms with Gasteiger partial charge >= 0.3 is 0 Å². The Morgan fingerprint density at radius 1 is 1.47 bits per heavy atom. The maximum atomic E-state index is 14.0. The summed E-state index contributed by atoms with van der Waals surface area (Å²) in [6, 6.07) is 5.75. The Balaban J connectivity index is 2.41. The molecule has 1 aromatic carbocycles. The lowest BCUT2D eigenvalue weighted by Gasteiger charge is -2.17. The zero-order chi connectivity index (χ0) is 10.9. The molecule has 2 rings (SSSR count). The number of halogens is 1. The van der Waals surface area contributed by atoms with Crippen molar-refractivity contribution in [3.05, 3.63) is 23.8 Å². The van der Waals surface area contributed by atoms with Crippen LogP contribution in [0.2, 0.25) is 0 Å². The molecule has 0 spiro atoms. The highest BCUT2D eigenvalue weighted by Crippen LogP contribution is 2.35. The van der Waals surface area contributed by atoms with Crippen LogP contribution in [0.3, 0.4) is 0 Å². The summed E-state index contributed by atoms with van der Waals surface area (Å²) >= 11 is 0. The number of alkyl halides is 1. The first-order chi connectivity index (χ1) is 7.12. The molecule has 0 amide bonds. The Hall–Kier alpha value is -1.25. The van der Waals surface area contributed by atoms with Crippen molar-refractivity contribution in [1.29, 1.82) is 0 Å². The molecule has 1 N–H and O–H groups in total. The van der Waals surface area contributed by atoms with E-state index >= 15 is 0 Å². The van der Waals surface area contributed by atoms with Gasteiger partial charge in [-0.3, -0.25) is 0 Å². The number of hydrogen-bond donors (Lipinski definition) is 1. The Labute approximate surface area is 89.4 Å². The fraction of sp³-hybridized carbons (Fsp3) is 0.500. The van der Waals surface area contributed by atoms with Crippen LogP contribution in [-0.4, -0.2) is 19.3 Å². The molecule has 0 bridgehead atoms. The predicted molar refractivity (Wildman–Crippen MR) is 59.3 cm³/mol. The van der Waals surface area contributed by atoms with E-state index in [4.69, 9.17) is 4.74 Å². The van der Waals surface area contributed by atoms with Crippen molar-refractivity contribution >= 4 is 5.69 Å². The van der Waals surface area contributed by atoms with Gasteiger partial charge < -0.3 is 10.1 Å². The van der Waals surface area contributed by atoms with Gasteiger partial charge in [0, 0.05) is 13.0 Å². The van der Waals surface area contributed by atoms with E-state index in [0.29, 0.717) is 19.4 Å². The molecule has 1 aliphatic rings. The fourth-order valence-electron chi connectivity index (χ4n) is 2.03. The van der Waals surface area contributed by atoms with Crippen molar-refractivity contribution in [2.24, 2.45) is 0 Å². The Morgan fingerprint density at radius 2 is 2.27 bits per heavy atom. The van der Waals surface area contributed by atoms with Crippen LogP contribution in [-0.2, 0) is 6.42 Å². The summed E-state index contributed by atoms with van der Waals surface area (Å²) in [5.74, 6) is 0.796. The third-order valence-electron chi connectivity index (χ3n) is 2.84. The summed E-state index contributed by atoms with van der Waals surface area (Å²) in [7, 11) is 1.64. The van der Waals surface area contributed by atoms with Crippen LogP contribution in [0.5, 0.6) is 5.75 Å². The van der Waals surface area contributed by atoms with Crippen LogP contribution < -0.4 is 10.1 Å². The fourth-order valence-corrected chi connectivity index (χ4v) is 2.03. The molecule has 1 atom stereocenters. The summed E-state index contributed by atoms with van der Waals surface area (Å²) in [4.78, 5) is 0. The summed E-state index contributed by atoms with van der Waals surface area (Å²) in [5.41, 5.74) is 0.822. The van der Waals surface area contributed by atoms with Gasteiger partial charge in [0.15, 0.2) is 0 Å². The molecule has 1 unspecified atom stereocenters. The first kappa shape index (κ1) is 10.3. The lowest BCUT2D eigenvalue weighted by atomic mass is 9.96. The van der Waals surface area contributed by atoms with Crippen LogP contribution in [0.4, 0.5) is 10.1 Å². The standard InChI is InChI=1S/C12H16FNO/c1-12(13)6-7-14-11-9(8-12)4-3-5-10(11)15-2/h3-5,14H,6-8H2,1-2H3. The quantitative estimate of drug-likeness (QED) is 0.768. The minimum atomic E-state index is -1.12. The van der Waals surface area contributed by atoms with E-state index in [9.17, 15) is 4.39 Å². The van der Waals surface area contributed by atoms with Crippen molar-refractivity contribution in [3.63, 3.8) is 0 Å². The Kier molecular flexibility index (Phi) is 2.55. The normalized spacial score (nSPS) is 25.0. The zero-order valence-electron chi connectivity index (χ0n) is 9.14. The molecule has 0 saturated heterocycles. The van der Waals surface area contributed by atoms with Gasteiger partial charge in [0.25, 0.3) is 0 Å². The molecule has 0 radical (unpaired) electrons. The van der Waals surface area contributed by atoms with E-state index in [2.05, 4.69) is 5.32 Å². The minimum Gasteiger partial charge on any atom is -0.495 e. The molecule has 2 nitrogen and oxygen atoms in total. The molecule has 1 aliphatic heterocycles. The predicted octanol–water partition coefficient (Wildman–Crippen LogP) is 2.78. The van der Waals surface area contributed by atoms with Crippen molar-refractivity contribution in [1.82, 2.24) is 0 Å². The smallest absolute Gasteiger partial charge is 0.142 e. The van der Waals surface area contributed by atoms with Gasteiger partial charge in [-0.2, -0.15) is 0 Å². The van der Waals surface area contributed by atoms with Gasteiger partial charge in [0.1, 0.15) is 11.4 Å². The number of para-hydroxylation sites is 1. The average molecular weight is 209 g/mol. The summed E-state index contributed by atoms with van der Waals surface area (Å²) in [5, 5.41) is 3.24.